The van der Waals surface area contributed by atoms with Gasteiger partial charge in [0.25, 0.3) is 5.91 Å². The standard InChI is InChI=1S/C27H30ClN3O2/c1-16-7-8-17(2)23(13-16)29-15-21-19(20-14-18(28)9-12-24(20)33-6)10-11-22-25(21)31(5)26(32)27(3,4)30-22/h7-14,29-30H,15H2,1-6H3. The SMILES string of the molecule is COc1ccc(Cl)cc1-c1ccc2c(c1CNc1cc(C)ccc1C)N(C)C(=O)C(C)(C)N2. The number of carbonyl (C=O) groups is 1. The lowest BCUT2D eigenvalue weighted by Gasteiger charge is -2.40. The van der Waals surface area contributed by atoms with E-state index in [2.05, 4.69) is 48.7 Å². The molecule has 6 heteroatoms. The Morgan fingerprint density at radius 3 is 2.55 bits per heavy atom. The Morgan fingerprint density at radius 1 is 1.06 bits per heavy atom. The van der Waals surface area contributed by atoms with E-state index in [0.717, 1.165) is 45.1 Å². The number of methoxy groups -OCH3 is 1. The van der Waals surface area contributed by atoms with Crippen LogP contribution < -0.4 is 20.3 Å². The van der Waals surface area contributed by atoms with E-state index in [1.54, 1.807) is 12.0 Å². The molecule has 0 aliphatic carbocycles. The van der Waals surface area contributed by atoms with Crippen LogP contribution >= 0.6 is 11.6 Å². The van der Waals surface area contributed by atoms with E-state index in [1.165, 1.54) is 5.56 Å². The summed E-state index contributed by atoms with van der Waals surface area (Å²) >= 11 is 6.37. The maximum atomic E-state index is 13.2. The summed E-state index contributed by atoms with van der Waals surface area (Å²) < 4.78 is 5.66. The summed E-state index contributed by atoms with van der Waals surface area (Å²) in [4.78, 5) is 14.9. The average Bonchev–Trinajstić information content (AvgIpc) is 2.77. The van der Waals surface area contributed by atoms with E-state index >= 15 is 0 Å². The van der Waals surface area contributed by atoms with Crippen LogP contribution in [0.15, 0.2) is 48.5 Å². The van der Waals surface area contributed by atoms with Gasteiger partial charge in [0.1, 0.15) is 11.3 Å². The lowest BCUT2D eigenvalue weighted by Crippen LogP contribution is -2.52. The second-order valence-corrected chi connectivity index (χ2v) is 9.55. The van der Waals surface area contributed by atoms with E-state index in [4.69, 9.17) is 16.3 Å². The van der Waals surface area contributed by atoms with Gasteiger partial charge in [0.15, 0.2) is 0 Å². The third kappa shape index (κ3) is 4.25. The highest BCUT2D eigenvalue weighted by Crippen LogP contribution is 2.44. The number of amides is 1. The van der Waals surface area contributed by atoms with Crippen molar-refractivity contribution in [2.24, 2.45) is 0 Å². The fourth-order valence-corrected chi connectivity index (χ4v) is 4.64. The number of hydrogen-bond acceptors (Lipinski definition) is 4. The largest absolute Gasteiger partial charge is 0.496 e. The summed E-state index contributed by atoms with van der Waals surface area (Å²) in [5, 5.41) is 7.64. The van der Waals surface area contributed by atoms with Crippen molar-refractivity contribution >= 4 is 34.6 Å². The van der Waals surface area contributed by atoms with E-state index in [9.17, 15) is 4.79 Å². The number of ether oxygens (including phenoxy) is 1. The van der Waals surface area contributed by atoms with Gasteiger partial charge in [0.05, 0.1) is 18.5 Å². The van der Waals surface area contributed by atoms with Gasteiger partial charge in [-0.1, -0.05) is 29.8 Å². The van der Waals surface area contributed by atoms with Gasteiger partial charge in [-0.15, -0.1) is 0 Å². The van der Waals surface area contributed by atoms with Crippen LogP contribution in [-0.4, -0.2) is 25.6 Å². The van der Waals surface area contributed by atoms with E-state index in [1.807, 2.05) is 45.2 Å². The van der Waals surface area contributed by atoms with Gasteiger partial charge < -0.3 is 20.3 Å². The number of nitrogens with zero attached hydrogens (tertiary/aromatic N) is 1. The van der Waals surface area contributed by atoms with Crippen LogP contribution in [0.1, 0.15) is 30.5 Å². The van der Waals surface area contributed by atoms with Gasteiger partial charge in [-0.05, 0) is 74.7 Å². The number of carbonyl (C=O) groups excluding carboxylic acids is 1. The number of fused-ring (bicyclic) bond motifs is 1. The van der Waals surface area contributed by atoms with Gasteiger partial charge in [-0.2, -0.15) is 0 Å². The van der Waals surface area contributed by atoms with Crippen molar-refractivity contribution in [3.05, 3.63) is 70.2 Å². The van der Waals surface area contributed by atoms with Crippen molar-refractivity contribution in [1.29, 1.82) is 0 Å². The van der Waals surface area contributed by atoms with Crippen molar-refractivity contribution in [3.63, 3.8) is 0 Å². The maximum absolute atomic E-state index is 13.2. The summed E-state index contributed by atoms with van der Waals surface area (Å²) in [5.74, 6) is 0.739. The first-order valence-corrected chi connectivity index (χ1v) is 11.4. The van der Waals surface area contributed by atoms with E-state index in [-0.39, 0.29) is 5.91 Å². The molecule has 0 spiro atoms. The zero-order chi connectivity index (χ0) is 23.9. The molecule has 0 atom stereocenters. The molecule has 1 heterocycles. The van der Waals surface area contributed by atoms with Crippen LogP contribution in [0.5, 0.6) is 5.75 Å². The van der Waals surface area contributed by atoms with Crippen molar-refractivity contribution in [1.82, 2.24) is 0 Å². The molecule has 33 heavy (non-hydrogen) atoms. The number of aryl methyl sites for hydroxylation is 2. The number of anilines is 3. The Hall–Kier alpha value is -3.18. The molecule has 3 aromatic carbocycles. The minimum absolute atomic E-state index is 0.0122. The number of hydrogen-bond donors (Lipinski definition) is 2. The van der Waals surface area contributed by atoms with Gasteiger partial charge in [0, 0.05) is 35.4 Å². The number of rotatable bonds is 5. The molecule has 0 fully saturated rings. The highest BCUT2D eigenvalue weighted by Gasteiger charge is 2.38. The van der Waals surface area contributed by atoms with Crippen molar-refractivity contribution in [3.8, 4) is 16.9 Å². The zero-order valence-corrected chi connectivity index (χ0v) is 20.7. The Bertz CT molecular complexity index is 1240. The molecule has 172 valence electrons. The number of benzene rings is 3. The molecule has 4 rings (SSSR count). The Balaban J connectivity index is 1.90. The van der Waals surface area contributed by atoms with E-state index in [0.29, 0.717) is 11.6 Å². The van der Waals surface area contributed by atoms with Crippen LogP contribution in [0.4, 0.5) is 17.1 Å². The molecule has 1 amide bonds. The molecule has 0 saturated carbocycles. The number of likely N-dealkylation sites (N-methyl/N-ethyl adjacent to an activating group) is 1. The molecule has 0 saturated heterocycles. The highest BCUT2D eigenvalue weighted by molar-refractivity contribution is 6.31. The second-order valence-electron chi connectivity index (χ2n) is 9.12. The topological polar surface area (TPSA) is 53.6 Å². The Labute approximate surface area is 200 Å². The number of halogens is 1. The minimum atomic E-state index is -0.686. The van der Waals surface area contributed by atoms with Gasteiger partial charge in [0.2, 0.25) is 0 Å². The van der Waals surface area contributed by atoms with Gasteiger partial charge >= 0.3 is 0 Å². The van der Waals surface area contributed by atoms with Crippen LogP contribution in [0.2, 0.25) is 5.02 Å². The van der Waals surface area contributed by atoms with Gasteiger partial charge in [-0.3, -0.25) is 4.79 Å². The smallest absolute Gasteiger partial charge is 0.251 e. The fraction of sp³-hybridized carbons (Fsp3) is 0.296. The fourth-order valence-electron chi connectivity index (χ4n) is 4.46. The lowest BCUT2D eigenvalue weighted by atomic mass is 9.91. The number of nitrogens with one attached hydrogen (secondary N) is 2. The predicted octanol–water partition coefficient (Wildman–Crippen LogP) is 6.41. The van der Waals surface area contributed by atoms with E-state index < -0.39 is 5.54 Å². The molecule has 0 bridgehead atoms. The molecule has 2 N–H and O–H groups in total. The minimum Gasteiger partial charge on any atom is -0.496 e. The average molecular weight is 464 g/mol. The summed E-state index contributed by atoms with van der Waals surface area (Å²) in [6.07, 6.45) is 0. The molecule has 3 aromatic rings. The molecular weight excluding hydrogens is 434 g/mol. The maximum Gasteiger partial charge on any atom is 0.251 e. The summed E-state index contributed by atoms with van der Waals surface area (Å²) in [6, 6.07) is 16.0. The second kappa shape index (κ2) is 8.64. The molecule has 0 radical (unpaired) electrons. The van der Waals surface area contributed by atoms with Crippen LogP contribution in [0.25, 0.3) is 11.1 Å². The lowest BCUT2D eigenvalue weighted by molar-refractivity contribution is -0.121. The quantitative estimate of drug-likeness (QED) is 0.459. The molecule has 0 unspecified atom stereocenters. The normalized spacial score (nSPS) is 14.5. The van der Waals surface area contributed by atoms with Crippen molar-refractivity contribution in [2.75, 3.05) is 29.7 Å². The molecule has 1 aliphatic rings. The zero-order valence-electron chi connectivity index (χ0n) is 20.0. The highest BCUT2D eigenvalue weighted by atomic mass is 35.5. The van der Waals surface area contributed by atoms with Crippen molar-refractivity contribution < 1.29 is 9.53 Å². The summed E-state index contributed by atoms with van der Waals surface area (Å²) in [7, 11) is 3.49. The Kier molecular flexibility index (Phi) is 6.02. The molecular formula is C27H30ClN3O2. The first-order valence-electron chi connectivity index (χ1n) is 11.0. The summed E-state index contributed by atoms with van der Waals surface area (Å²) in [6.45, 7) is 8.49. The third-order valence-electron chi connectivity index (χ3n) is 6.21. The molecule has 1 aliphatic heterocycles. The molecule has 0 aromatic heterocycles. The van der Waals surface area contributed by atoms with Crippen LogP contribution in [0, 0.1) is 13.8 Å². The van der Waals surface area contributed by atoms with Crippen molar-refractivity contribution in [2.45, 2.75) is 39.8 Å². The van der Waals surface area contributed by atoms with Crippen LogP contribution in [-0.2, 0) is 11.3 Å². The first kappa shape index (κ1) is 23.0. The Morgan fingerprint density at radius 2 is 1.82 bits per heavy atom. The first-order chi connectivity index (χ1) is 15.6. The van der Waals surface area contributed by atoms with Gasteiger partial charge in [-0.25, -0.2) is 0 Å². The summed E-state index contributed by atoms with van der Waals surface area (Å²) in [5.41, 5.74) is 7.35. The predicted molar refractivity (Wildman–Crippen MR) is 138 cm³/mol. The third-order valence-corrected chi connectivity index (χ3v) is 6.44. The monoisotopic (exact) mass is 463 g/mol. The van der Waals surface area contributed by atoms with Crippen LogP contribution in [0.3, 0.4) is 0 Å². The molecule has 5 nitrogen and oxygen atoms in total.